The summed E-state index contributed by atoms with van der Waals surface area (Å²) in [4.78, 5) is 11.1. The molecule has 9 nitrogen and oxygen atoms in total. The predicted octanol–water partition coefficient (Wildman–Crippen LogP) is 3.86. The largest absolute Gasteiger partial charge is 0.366 e. The zero-order valence-corrected chi connectivity index (χ0v) is 22.8. The van der Waals surface area contributed by atoms with Gasteiger partial charge in [-0.2, -0.15) is 4.98 Å². The van der Waals surface area contributed by atoms with Crippen LogP contribution in [0.5, 0.6) is 0 Å². The fraction of sp³-hybridized carbons (Fsp3) is 0.333. The van der Waals surface area contributed by atoms with Crippen molar-refractivity contribution in [1.82, 2.24) is 19.9 Å². The molecule has 5 rings (SSSR count). The van der Waals surface area contributed by atoms with Gasteiger partial charge >= 0.3 is 0 Å². The van der Waals surface area contributed by atoms with Crippen LogP contribution in [0.3, 0.4) is 0 Å². The van der Waals surface area contributed by atoms with Crippen molar-refractivity contribution in [3.63, 3.8) is 0 Å². The Morgan fingerprint density at radius 1 is 1.21 bits per heavy atom. The Morgan fingerprint density at radius 2 is 2.03 bits per heavy atom. The lowest BCUT2D eigenvalue weighted by Gasteiger charge is -2.33. The SMILES string of the molecule is Cc1ccc(N(C)S(C)(=O)=O)c(Cn2ccc3cnc(Nc4ccc(N5CCNC(C)C5)c(F)c4)nc32)c1. The molecule has 1 unspecified atom stereocenters. The molecule has 200 valence electrons. The number of aromatic nitrogens is 3. The highest BCUT2D eigenvalue weighted by Gasteiger charge is 2.20. The third kappa shape index (κ3) is 5.44. The molecule has 0 radical (unpaired) electrons. The molecule has 4 aromatic rings. The average Bonchev–Trinajstić information content (AvgIpc) is 3.25. The highest BCUT2D eigenvalue weighted by Crippen LogP contribution is 2.28. The number of nitrogens with zero attached hydrogens (tertiary/aromatic N) is 5. The number of fused-ring (bicyclic) bond motifs is 1. The molecule has 0 bridgehead atoms. The second kappa shape index (κ2) is 10.2. The van der Waals surface area contributed by atoms with E-state index in [9.17, 15) is 12.8 Å². The molecule has 11 heteroatoms. The van der Waals surface area contributed by atoms with Crippen LogP contribution in [0, 0.1) is 12.7 Å². The van der Waals surface area contributed by atoms with E-state index in [1.165, 1.54) is 16.6 Å². The van der Waals surface area contributed by atoms with Crippen LogP contribution in [-0.4, -0.2) is 61.9 Å². The molecule has 2 N–H and O–H groups in total. The molecule has 3 heterocycles. The van der Waals surface area contributed by atoms with E-state index in [1.54, 1.807) is 19.3 Å². The summed E-state index contributed by atoms with van der Waals surface area (Å²) in [5.41, 5.74) is 4.32. The van der Waals surface area contributed by atoms with E-state index in [1.807, 2.05) is 48.0 Å². The molecule has 2 aromatic heterocycles. The van der Waals surface area contributed by atoms with Crippen molar-refractivity contribution < 1.29 is 12.8 Å². The van der Waals surface area contributed by atoms with Gasteiger partial charge in [-0.1, -0.05) is 17.7 Å². The quantitative estimate of drug-likeness (QED) is 0.370. The first-order valence-corrected chi connectivity index (χ1v) is 14.3. The van der Waals surface area contributed by atoms with Crippen molar-refractivity contribution in [2.45, 2.75) is 26.4 Å². The summed E-state index contributed by atoms with van der Waals surface area (Å²) in [5.74, 6) is 0.0497. The number of aryl methyl sites for hydroxylation is 1. The van der Waals surface area contributed by atoms with E-state index in [0.29, 0.717) is 41.2 Å². The van der Waals surface area contributed by atoms with Gasteiger partial charge in [-0.3, -0.25) is 4.31 Å². The molecule has 1 aliphatic rings. The maximum absolute atomic E-state index is 15.0. The van der Waals surface area contributed by atoms with E-state index < -0.39 is 10.0 Å². The Morgan fingerprint density at radius 3 is 2.76 bits per heavy atom. The highest BCUT2D eigenvalue weighted by molar-refractivity contribution is 7.92. The number of halogens is 1. The van der Waals surface area contributed by atoms with Crippen molar-refractivity contribution in [3.05, 3.63) is 71.8 Å². The van der Waals surface area contributed by atoms with E-state index >= 15 is 0 Å². The smallest absolute Gasteiger partial charge is 0.232 e. The monoisotopic (exact) mass is 537 g/mol. The van der Waals surface area contributed by atoms with Gasteiger partial charge in [-0.25, -0.2) is 17.8 Å². The zero-order chi connectivity index (χ0) is 27.0. The van der Waals surface area contributed by atoms with Crippen LogP contribution in [0.25, 0.3) is 11.0 Å². The van der Waals surface area contributed by atoms with E-state index in [0.717, 1.165) is 36.1 Å². The fourth-order valence-corrected chi connectivity index (χ4v) is 5.33. The van der Waals surface area contributed by atoms with E-state index in [2.05, 4.69) is 27.4 Å². The van der Waals surface area contributed by atoms with Crippen molar-refractivity contribution >= 4 is 44.1 Å². The topological polar surface area (TPSA) is 95.4 Å². The van der Waals surface area contributed by atoms with Crippen molar-refractivity contribution in [2.24, 2.45) is 0 Å². The van der Waals surface area contributed by atoms with Gasteiger partial charge in [0.2, 0.25) is 16.0 Å². The number of hydrogen-bond donors (Lipinski definition) is 2. The number of piperazine rings is 1. The maximum atomic E-state index is 15.0. The number of benzene rings is 2. The van der Waals surface area contributed by atoms with Crippen molar-refractivity contribution in [2.75, 3.05) is 47.5 Å². The second-order valence-corrected chi connectivity index (χ2v) is 11.9. The van der Waals surface area contributed by atoms with Gasteiger partial charge in [0.25, 0.3) is 0 Å². The maximum Gasteiger partial charge on any atom is 0.232 e. The number of anilines is 4. The molecule has 1 aliphatic heterocycles. The average molecular weight is 538 g/mol. The summed E-state index contributed by atoms with van der Waals surface area (Å²) < 4.78 is 42.7. The summed E-state index contributed by atoms with van der Waals surface area (Å²) in [6, 6.07) is 13.0. The minimum Gasteiger partial charge on any atom is -0.366 e. The van der Waals surface area contributed by atoms with Gasteiger partial charge in [0.1, 0.15) is 11.5 Å². The second-order valence-electron chi connectivity index (χ2n) is 9.87. The van der Waals surface area contributed by atoms with Crippen LogP contribution in [0.2, 0.25) is 0 Å². The third-order valence-corrected chi connectivity index (χ3v) is 8.02. The summed E-state index contributed by atoms with van der Waals surface area (Å²) >= 11 is 0. The molecular formula is C27H32FN7O2S. The van der Waals surface area contributed by atoms with Gasteiger partial charge in [0.05, 0.1) is 24.2 Å². The molecule has 1 saturated heterocycles. The minimum absolute atomic E-state index is 0.296. The Bertz CT molecular complexity index is 1590. The standard InChI is InChI=1S/C27H32FN7O2S/c1-18-5-7-24(33(3)38(4,36)37)21(13-18)17-35-11-9-20-15-30-27(32-26(20)35)31-22-6-8-25(23(28)14-22)34-12-10-29-19(2)16-34/h5-9,11,13-15,19,29H,10,12,16-17H2,1-4H3,(H,30,31,32). The van der Waals surface area contributed by atoms with Crippen molar-refractivity contribution in [3.8, 4) is 0 Å². The first-order chi connectivity index (χ1) is 18.1. The lowest BCUT2D eigenvalue weighted by molar-refractivity contribution is 0.478. The van der Waals surface area contributed by atoms with Crippen LogP contribution in [-0.2, 0) is 16.6 Å². The van der Waals surface area contributed by atoms with Crippen LogP contribution in [0.1, 0.15) is 18.1 Å². The molecule has 2 aromatic carbocycles. The Labute approximate surface area is 222 Å². The Kier molecular flexibility index (Phi) is 6.97. The molecule has 0 spiro atoms. The zero-order valence-electron chi connectivity index (χ0n) is 21.9. The number of rotatable bonds is 7. The van der Waals surface area contributed by atoms with Gasteiger partial charge in [-0.05, 0) is 49.7 Å². The summed E-state index contributed by atoms with van der Waals surface area (Å²) in [7, 11) is -1.87. The number of nitrogens with one attached hydrogen (secondary N) is 2. The summed E-state index contributed by atoms with van der Waals surface area (Å²) in [6.07, 6.45) is 4.80. The molecule has 0 aliphatic carbocycles. The predicted molar refractivity (Wildman–Crippen MR) is 150 cm³/mol. The number of sulfonamides is 1. The molecule has 0 saturated carbocycles. The van der Waals surface area contributed by atoms with E-state index in [-0.39, 0.29) is 5.82 Å². The Hall–Kier alpha value is -3.70. The van der Waals surface area contributed by atoms with Gasteiger partial charge < -0.3 is 20.1 Å². The van der Waals surface area contributed by atoms with Gasteiger partial charge in [0.15, 0.2) is 0 Å². The fourth-order valence-electron chi connectivity index (χ4n) is 4.79. The highest BCUT2D eigenvalue weighted by atomic mass is 32.2. The van der Waals surface area contributed by atoms with Crippen LogP contribution in [0.15, 0.2) is 54.9 Å². The molecular weight excluding hydrogens is 505 g/mol. The first-order valence-electron chi connectivity index (χ1n) is 12.5. The molecule has 1 fully saturated rings. The van der Waals surface area contributed by atoms with Gasteiger partial charge in [-0.15, -0.1) is 0 Å². The number of hydrogen-bond acceptors (Lipinski definition) is 7. The molecule has 0 amide bonds. The van der Waals surface area contributed by atoms with Gasteiger partial charge in [0, 0.05) is 56.2 Å². The normalized spacial score (nSPS) is 16.1. The van der Waals surface area contributed by atoms with Crippen LogP contribution in [0.4, 0.5) is 27.4 Å². The molecule has 38 heavy (non-hydrogen) atoms. The summed E-state index contributed by atoms with van der Waals surface area (Å²) in [5, 5.41) is 7.34. The van der Waals surface area contributed by atoms with E-state index in [4.69, 9.17) is 4.98 Å². The van der Waals surface area contributed by atoms with Crippen LogP contribution < -0.4 is 19.8 Å². The third-order valence-electron chi connectivity index (χ3n) is 6.83. The van der Waals surface area contributed by atoms with Crippen LogP contribution >= 0.6 is 0 Å². The van der Waals surface area contributed by atoms with Crippen molar-refractivity contribution in [1.29, 1.82) is 0 Å². The summed E-state index contributed by atoms with van der Waals surface area (Å²) in [6.45, 7) is 6.81. The first kappa shape index (κ1) is 25.9. The lowest BCUT2D eigenvalue weighted by atomic mass is 10.1. The minimum atomic E-state index is -3.42. The molecule has 1 atom stereocenters. The lowest BCUT2D eigenvalue weighted by Crippen LogP contribution is -2.49. The Balaban J connectivity index is 1.40.